The van der Waals surface area contributed by atoms with E-state index in [1.165, 1.54) is 0 Å². The van der Waals surface area contributed by atoms with Gasteiger partial charge in [-0.2, -0.15) is 5.10 Å². The van der Waals surface area contributed by atoms with Crippen LogP contribution in [0.2, 0.25) is 5.02 Å². The van der Waals surface area contributed by atoms with E-state index in [9.17, 15) is 4.79 Å². The van der Waals surface area contributed by atoms with Gasteiger partial charge in [0.15, 0.2) is 0 Å². The SMILES string of the molecule is CC(C(N)=O)c1ccccc1CCc1nc(Nc2cnn(C3CCNCC3)c2)ncc1Cl. The number of aryl methyl sites for hydroxylation is 2. The van der Waals surface area contributed by atoms with E-state index in [0.717, 1.165) is 48.4 Å². The number of hydrogen-bond acceptors (Lipinski definition) is 6. The van der Waals surface area contributed by atoms with Gasteiger partial charge in [0.1, 0.15) is 0 Å². The molecular formula is C23H28ClN7O. The summed E-state index contributed by atoms with van der Waals surface area (Å²) < 4.78 is 2.01. The molecule has 3 aromatic rings. The molecule has 0 spiro atoms. The number of rotatable bonds is 8. The van der Waals surface area contributed by atoms with Gasteiger partial charge in [0, 0.05) is 6.20 Å². The lowest BCUT2D eigenvalue weighted by atomic mass is 9.92. The minimum Gasteiger partial charge on any atom is -0.369 e. The Balaban J connectivity index is 1.45. The first-order valence-corrected chi connectivity index (χ1v) is 11.3. The number of nitrogens with two attached hydrogens (primary N) is 1. The number of carbonyl (C=O) groups excluding carboxylic acids is 1. The van der Waals surface area contributed by atoms with Crippen LogP contribution in [0.4, 0.5) is 11.6 Å². The monoisotopic (exact) mass is 453 g/mol. The molecule has 32 heavy (non-hydrogen) atoms. The Morgan fingerprint density at radius 3 is 2.84 bits per heavy atom. The highest BCUT2D eigenvalue weighted by Crippen LogP contribution is 2.24. The number of nitrogens with zero attached hydrogens (tertiary/aromatic N) is 4. The number of aromatic nitrogens is 4. The zero-order chi connectivity index (χ0) is 22.5. The van der Waals surface area contributed by atoms with Crippen LogP contribution in [0.1, 0.15) is 48.5 Å². The van der Waals surface area contributed by atoms with Crippen LogP contribution in [0, 0.1) is 0 Å². The van der Waals surface area contributed by atoms with Crippen molar-refractivity contribution in [3.8, 4) is 0 Å². The van der Waals surface area contributed by atoms with Crippen molar-refractivity contribution in [1.29, 1.82) is 0 Å². The number of anilines is 2. The number of amides is 1. The summed E-state index contributed by atoms with van der Waals surface area (Å²) in [6.45, 7) is 3.85. The van der Waals surface area contributed by atoms with Crippen molar-refractivity contribution in [1.82, 2.24) is 25.1 Å². The molecule has 0 radical (unpaired) electrons. The van der Waals surface area contributed by atoms with Crippen LogP contribution in [0.25, 0.3) is 0 Å². The Kier molecular flexibility index (Phi) is 7.02. The first kappa shape index (κ1) is 22.2. The summed E-state index contributed by atoms with van der Waals surface area (Å²) in [5, 5.41) is 11.6. The van der Waals surface area contributed by atoms with Crippen LogP contribution < -0.4 is 16.4 Å². The van der Waals surface area contributed by atoms with E-state index in [1.54, 1.807) is 12.4 Å². The maximum atomic E-state index is 11.7. The zero-order valence-electron chi connectivity index (χ0n) is 18.1. The van der Waals surface area contributed by atoms with Gasteiger partial charge in [0.05, 0.1) is 40.8 Å². The maximum Gasteiger partial charge on any atom is 0.227 e. The van der Waals surface area contributed by atoms with Crippen molar-refractivity contribution in [2.75, 3.05) is 18.4 Å². The van der Waals surface area contributed by atoms with Crippen LogP contribution in [0.3, 0.4) is 0 Å². The van der Waals surface area contributed by atoms with E-state index in [1.807, 2.05) is 42.1 Å². The lowest BCUT2D eigenvalue weighted by Gasteiger charge is -2.22. The third-order valence-corrected chi connectivity index (χ3v) is 6.25. The molecular weight excluding hydrogens is 426 g/mol. The second kappa shape index (κ2) is 10.1. The molecule has 1 aliphatic heterocycles. The minimum absolute atomic E-state index is 0.339. The number of halogens is 1. The van der Waals surface area contributed by atoms with Gasteiger partial charge in [0.2, 0.25) is 11.9 Å². The van der Waals surface area contributed by atoms with Gasteiger partial charge in [-0.25, -0.2) is 9.97 Å². The molecule has 4 N–H and O–H groups in total. The molecule has 168 valence electrons. The van der Waals surface area contributed by atoms with Gasteiger partial charge in [-0.05, 0) is 56.8 Å². The van der Waals surface area contributed by atoms with Gasteiger partial charge in [-0.1, -0.05) is 35.9 Å². The van der Waals surface area contributed by atoms with Crippen LogP contribution in [0.15, 0.2) is 42.9 Å². The first-order chi connectivity index (χ1) is 15.5. The average Bonchev–Trinajstić information content (AvgIpc) is 3.28. The lowest BCUT2D eigenvalue weighted by molar-refractivity contribution is -0.119. The lowest BCUT2D eigenvalue weighted by Crippen LogP contribution is -2.29. The van der Waals surface area contributed by atoms with Crippen molar-refractivity contribution in [3.05, 3.63) is 64.7 Å². The van der Waals surface area contributed by atoms with Gasteiger partial charge in [0.25, 0.3) is 0 Å². The molecule has 0 bridgehead atoms. The number of benzene rings is 1. The molecule has 0 saturated carbocycles. The number of nitrogens with one attached hydrogen (secondary N) is 2. The Morgan fingerprint density at radius 2 is 2.06 bits per heavy atom. The predicted octanol–water partition coefficient (Wildman–Crippen LogP) is 3.37. The van der Waals surface area contributed by atoms with Crippen molar-refractivity contribution in [3.63, 3.8) is 0 Å². The standard InChI is InChI=1S/C23H28ClN7O/c1-15(22(25)32)19-5-3-2-4-16(19)6-7-21-20(24)13-27-23(30-21)29-17-12-28-31(14-17)18-8-10-26-11-9-18/h2-5,12-15,18,26H,6-11H2,1H3,(H2,25,32)(H,27,29,30). The van der Waals surface area contributed by atoms with E-state index < -0.39 is 0 Å². The van der Waals surface area contributed by atoms with E-state index in [2.05, 4.69) is 25.7 Å². The zero-order valence-corrected chi connectivity index (χ0v) is 18.8. The molecule has 8 nitrogen and oxygen atoms in total. The highest BCUT2D eigenvalue weighted by atomic mass is 35.5. The molecule has 1 unspecified atom stereocenters. The quantitative estimate of drug-likeness (QED) is 0.482. The normalized spacial score (nSPS) is 15.4. The molecule has 1 amide bonds. The van der Waals surface area contributed by atoms with Crippen LogP contribution >= 0.6 is 11.6 Å². The number of piperidine rings is 1. The van der Waals surface area contributed by atoms with E-state index in [4.69, 9.17) is 17.3 Å². The van der Waals surface area contributed by atoms with Crippen molar-refractivity contribution in [2.45, 2.75) is 44.6 Å². The van der Waals surface area contributed by atoms with E-state index >= 15 is 0 Å². The number of hydrogen-bond donors (Lipinski definition) is 3. The Hall–Kier alpha value is -2.97. The first-order valence-electron chi connectivity index (χ1n) is 10.9. The molecule has 1 saturated heterocycles. The van der Waals surface area contributed by atoms with Gasteiger partial charge in [-0.15, -0.1) is 0 Å². The highest BCUT2D eigenvalue weighted by molar-refractivity contribution is 6.31. The third kappa shape index (κ3) is 5.26. The molecule has 1 fully saturated rings. The van der Waals surface area contributed by atoms with Crippen molar-refractivity contribution >= 4 is 29.1 Å². The maximum absolute atomic E-state index is 11.7. The summed E-state index contributed by atoms with van der Waals surface area (Å²) in [6, 6.07) is 8.25. The summed E-state index contributed by atoms with van der Waals surface area (Å²) in [7, 11) is 0. The predicted molar refractivity (Wildman–Crippen MR) is 125 cm³/mol. The molecule has 1 aliphatic rings. The summed E-state index contributed by atoms with van der Waals surface area (Å²) in [6.07, 6.45) is 8.85. The molecule has 2 aromatic heterocycles. The second-order valence-electron chi connectivity index (χ2n) is 8.13. The van der Waals surface area contributed by atoms with Gasteiger partial charge < -0.3 is 16.4 Å². The average molecular weight is 454 g/mol. The Morgan fingerprint density at radius 1 is 1.28 bits per heavy atom. The second-order valence-corrected chi connectivity index (χ2v) is 8.53. The fourth-order valence-corrected chi connectivity index (χ4v) is 4.22. The molecule has 0 aliphatic carbocycles. The van der Waals surface area contributed by atoms with Crippen LogP contribution in [-0.4, -0.2) is 38.7 Å². The van der Waals surface area contributed by atoms with Gasteiger partial charge in [-0.3, -0.25) is 9.48 Å². The summed E-state index contributed by atoms with van der Waals surface area (Å²) in [5.74, 6) is -0.206. The largest absolute Gasteiger partial charge is 0.369 e. The smallest absolute Gasteiger partial charge is 0.227 e. The van der Waals surface area contributed by atoms with Crippen LogP contribution in [-0.2, 0) is 17.6 Å². The van der Waals surface area contributed by atoms with Crippen LogP contribution in [0.5, 0.6) is 0 Å². The number of primary amides is 1. The molecule has 1 atom stereocenters. The Bertz CT molecular complexity index is 1080. The fourth-order valence-electron chi connectivity index (χ4n) is 4.03. The Labute approximate surface area is 192 Å². The fraction of sp³-hybridized carbons (Fsp3) is 0.391. The molecule has 4 rings (SSSR count). The van der Waals surface area contributed by atoms with Crippen molar-refractivity contribution in [2.24, 2.45) is 5.73 Å². The van der Waals surface area contributed by atoms with Gasteiger partial charge >= 0.3 is 0 Å². The van der Waals surface area contributed by atoms with E-state index in [-0.39, 0.29) is 11.8 Å². The highest BCUT2D eigenvalue weighted by Gasteiger charge is 2.17. The molecule has 9 heteroatoms. The summed E-state index contributed by atoms with van der Waals surface area (Å²) >= 11 is 6.37. The summed E-state index contributed by atoms with van der Waals surface area (Å²) in [5.41, 5.74) is 9.10. The topological polar surface area (TPSA) is 111 Å². The van der Waals surface area contributed by atoms with E-state index in [0.29, 0.717) is 29.9 Å². The summed E-state index contributed by atoms with van der Waals surface area (Å²) in [4.78, 5) is 20.6. The molecule has 3 heterocycles. The minimum atomic E-state index is -0.346. The number of carbonyl (C=O) groups is 1. The molecule has 1 aromatic carbocycles. The van der Waals surface area contributed by atoms with Crippen molar-refractivity contribution < 1.29 is 4.79 Å². The third-order valence-electron chi connectivity index (χ3n) is 5.94.